The lowest BCUT2D eigenvalue weighted by Crippen LogP contribution is -2.13. The Labute approximate surface area is 186 Å². The van der Waals surface area contributed by atoms with Gasteiger partial charge in [-0.3, -0.25) is 15.5 Å². The Morgan fingerprint density at radius 2 is 2.06 bits per heavy atom. The van der Waals surface area contributed by atoms with Crippen LogP contribution in [0.4, 0.5) is 10.8 Å². The number of fused-ring (bicyclic) bond motifs is 1. The lowest BCUT2D eigenvalue weighted by molar-refractivity contribution is -0.384. The Morgan fingerprint density at radius 3 is 2.78 bits per heavy atom. The number of thiazole rings is 1. The van der Waals surface area contributed by atoms with E-state index in [1.54, 1.807) is 31.2 Å². The molecule has 4 aromatic rings. The highest BCUT2D eigenvalue weighted by Gasteiger charge is 2.12. The van der Waals surface area contributed by atoms with Crippen LogP contribution in [0, 0.1) is 10.1 Å². The second-order valence-corrected chi connectivity index (χ2v) is 7.56. The average Bonchev–Trinajstić information content (AvgIpc) is 3.27. The summed E-state index contributed by atoms with van der Waals surface area (Å²) in [6.07, 6.45) is 0. The van der Waals surface area contributed by atoms with Crippen LogP contribution in [0.25, 0.3) is 22.2 Å². The van der Waals surface area contributed by atoms with E-state index >= 15 is 0 Å². The summed E-state index contributed by atoms with van der Waals surface area (Å²) in [6.45, 7) is 4.02. The zero-order valence-corrected chi connectivity index (χ0v) is 18.0. The maximum absolute atomic E-state index is 12.5. The van der Waals surface area contributed by atoms with Crippen molar-refractivity contribution >= 4 is 38.8 Å². The van der Waals surface area contributed by atoms with Crippen LogP contribution in [0.2, 0.25) is 0 Å². The summed E-state index contributed by atoms with van der Waals surface area (Å²) in [6, 6.07) is 13.3. The lowest BCUT2D eigenvalue weighted by atomic mass is 10.1. The number of ether oxygens (including phenoxy) is 1. The minimum Gasteiger partial charge on any atom is -0.490 e. The van der Waals surface area contributed by atoms with Gasteiger partial charge in [0, 0.05) is 28.5 Å². The van der Waals surface area contributed by atoms with E-state index in [-0.39, 0.29) is 5.69 Å². The van der Waals surface area contributed by atoms with Crippen molar-refractivity contribution in [1.82, 2.24) is 4.98 Å². The number of para-hydroxylation sites is 1. The maximum Gasteiger partial charge on any atom is 0.345 e. The monoisotopic (exact) mass is 450 g/mol. The number of hydrazone groups is 1. The first-order valence-electron chi connectivity index (χ1n) is 9.67. The number of anilines is 1. The number of hydrogen-bond acceptors (Lipinski definition) is 9. The summed E-state index contributed by atoms with van der Waals surface area (Å²) in [5, 5.41) is 18.1. The Balaban J connectivity index is 1.55. The number of aromatic nitrogens is 1. The molecule has 0 radical (unpaired) electrons. The molecule has 0 atom stereocenters. The quantitative estimate of drug-likeness (QED) is 0.181. The van der Waals surface area contributed by atoms with Gasteiger partial charge in [0.25, 0.3) is 5.69 Å². The van der Waals surface area contributed by atoms with Gasteiger partial charge in [-0.15, -0.1) is 11.3 Å². The number of rotatable bonds is 7. The summed E-state index contributed by atoms with van der Waals surface area (Å²) < 4.78 is 11.0. The molecule has 0 aliphatic rings. The van der Waals surface area contributed by atoms with E-state index in [9.17, 15) is 14.9 Å². The predicted octanol–water partition coefficient (Wildman–Crippen LogP) is 5.06. The molecule has 162 valence electrons. The van der Waals surface area contributed by atoms with Crippen molar-refractivity contribution in [2.45, 2.75) is 13.8 Å². The third kappa shape index (κ3) is 4.35. The van der Waals surface area contributed by atoms with Crippen molar-refractivity contribution in [1.29, 1.82) is 0 Å². The fourth-order valence-corrected chi connectivity index (χ4v) is 3.70. The molecule has 10 heteroatoms. The Morgan fingerprint density at radius 1 is 1.28 bits per heavy atom. The highest BCUT2D eigenvalue weighted by Crippen LogP contribution is 2.27. The molecule has 0 amide bonds. The van der Waals surface area contributed by atoms with E-state index < -0.39 is 10.5 Å². The first-order chi connectivity index (χ1) is 15.5. The van der Waals surface area contributed by atoms with Crippen LogP contribution in [-0.2, 0) is 0 Å². The molecule has 2 aromatic heterocycles. The van der Waals surface area contributed by atoms with E-state index in [0.717, 1.165) is 10.9 Å². The Kier molecular flexibility index (Phi) is 5.95. The minimum atomic E-state index is -0.515. The van der Waals surface area contributed by atoms with Crippen molar-refractivity contribution in [3.05, 3.63) is 80.0 Å². The van der Waals surface area contributed by atoms with Crippen LogP contribution in [0.15, 0.2) is 68.2 Å². The van der Waals surface area contributed by atoms with Gasteiger partial charge < -0.3 is 9.15 Å². The number of hydrogen-bond donors (Lipinski definition) is 1. The number of nitrogens with one attached hydrogen (secondary N) is 1. The third-order valence-corrected chi connectivity index (χ3v) is 5.36. The summed E-state index contributed by atoms with van der Waals surface area (Å²) in [5.41, 5.74) is 4.93. The van der Waals surface area contributed by atoms with Crippen molar-refractivity contribution in [3.8, 4) is 17.0 Å². The molecule has 0 unspecified atom stereocenters. The number of nitro groups is 1. The normalized spacial score (nSPS) is 11.5. The van der Waals surface area contributed by atoms with Gasteiger partial charge in [0.1, 0.15) is 0 Å². The molecule has 2 heterocycles. The molecule has 0 saturated heterocycles. The smallest absolute Gasteiger partial charge is 0.345 e. The summed E-state index contributed by atoms with van der Waals surface area (Å²) in [4.78, 5) is 27.3. The largest absolute Gasteiger partial charge is 0.490 e. The topological polar surface area (TPSA) is 120 Å². The fourth-order valence-electron chi connectivity index (χ4n) is 3.04. The van der Waals surface area contributed by atoms with Crippen LogP contribution in [0.3, 0.4) is 0 Å². The fraction of sp³-hybridized carbons (Fsp3) is 0.136. The average molecular weight is 450 g/mol. The van der Waals surface area contributed by atoms with Crippen LogP contribution < -0.4 is 15.8 Å². The van der Waals surface area contributed by atoms with Gasteiger partial charge in [-0.2, -0.15) is 5.10 Å². The van der Waals surface area contributed by atoms with Crippen molar-refractivity contribution < 1.29 is 14.1 Å². The molecule has 9 nitrogen and oxygen atoms in total. The second-order valence-electron chi connectivity index (χ2n) is 6.71. The number of nitro benzene ring substituents is 1. The van der Waals surface area contributed by atoms with Gasteiger partial charge in [-0.05, 0) is 38.1 Å². The van der Waals surface area contributed by atoms with Crippen LogP contribution >= 0.6 is 11.3 Å². The van der Waals surface area contributed by atoms with Gasteiger partial charge in [-0.25, -0.2) is 9.78 Å². The van der Waals surface area contributed by atoms with Gasteiger partial charge in [0.05, 0.1) is 28.5 Å². The molecule has 0 spiro atoms. The van der Waals surface area contributed by atoms with Gasteiger partial charge in [-0.1, -0.05) is 12.1 Å². The highest BCUT2D eigenvalue weighted by atomic mass is 32.1. The van der Waals surface area contributed by atoms with E-state index in [0.29, 0.717) is 40.0 Å². The first-order valence-corrected chi connectivity index (χ1v) is 10.5. The molecule has 32 heavy (non-hydrogen) atoms. The number of benzene rings is 2. The number of non-ortho nitro benzene ring substituents is 1. The zero-order valence-electron chi connectivity index (χ0n) is 17.2. The van der Waals surface area contributed by atoms with E-state index in [2.05, 4.69) is 15.5 Å². The summed E-state index contributed by atoms with van der Waals surface area (Å²) in [7, 11) is 0. The number of nitrogens with zero attached hydrogens (tertiary/aromatic N) is 3. The second kappa shape index (κ2) is 8.98. The SMILES string of the molecule is CCOc1cccc2cc(/C(C)=N/Nc3nc(-c4ccc([N+](=O)[O-])cc4)cs3)c(=O)oc12. The van der Waals surface area contributed by atoms with Crippen molar-refractivity contribution in [2.75, 3.05) is 12.0 Å². The Bertz CT molecular complexity index is 1380. The highest BCUT2D eigenvalue weighted by molar-refractivity contribution is 7.14. The minimum absolute atomic E-state index is 0.0187. The van der Waals surface area contributed by atoms with Gasteiger partial charge in [0.2, 0.25) is 5.13 Å². The molecular weight excluding hydrogens is 432 g/mol. The molecule has 1 N–H and O–H groups in total. The standard InChI is InChI=1S/C22H18N4O5S/c1-3-30-19-6-4-5-15-11-17(21(27)31-20(15)19)13(2)24-25-22-23-18(12-32-22)14-7-9-16(10-8-14)26(28)29/h4-12H,3H2,1-2H3,(H,23,25)/b24-13+. The molecular formula is C22H18N4O5S. The molecule has 0 aliphatic carbocycles. The predicted molar refractivity (Wildman–Crippen MR) is 124 cm³/mol. The van der Waals surface area contributed by atoms with E-state index in [1.807, 2.05) is 24.4 Å². The molecule has 0 saturated carbocycles. The van der Waals surface area contributed by atoms with Gasteiger partial charge in [0.15, 0.2) is 11.3 Å². The first kappa shape index (κ1) is 21.2. The molecule has 2 aromatic carbocycles. The lowest BCUT2D eigenvalue weighted by Gasteiger charge is -2.07. The van der Waals surface area contributed by atoms with E-state index in [4.69, 9.17) is 9.15 Å². The van der Waals surface area contributed by atoms with Crippen LogP contribution in [-0.4, -0.2) is 22.2 Å². The van der Waals surface area contributed by atoms with Crippen LogP contribution in [0.1, 0.15) is 19.4 Å². The zero-order chi connectivity index (χ0) is 22.7. The van der Waals surface area contributed by atoms with Gasteiger partial charge >= 0.3 is 5.63 Å². The maximum atomic E-state index is 12.5. The third-order valence-electron chi connectivity index (χ3n) is 4.61. The molecule has 0 bridgehead atoms. The summed E-state index contributed by atoms with van der Waals surface area (Å²) in [5.74, 6) is 0.517. The molecule has 0 aliphatic heterocycles. The van der Waals surface area contributed by atoms with Crippen molar-refractivity contribution in [2.24, 2.45) is 5.10 Å². The molecule has 0 fully saturated rings. The Hall–Kier alpha value is -4.05. The van der Waals surface area contributed by atoms with Crippen LogP contribution in [0.5, 0.6) is 5.75 Å². The summed E-state index contributed by atoms with van der Waals surface area (Å²) >= 11 is 1.32. The van der Waals surface area contributed by atoms with E-state index in [1.165, 1.54) is 23.5 Å². The molecule has 4 rings (SSSR count). The van der Waals surface area contributed by atoms with Crippen molar-refractivity contribution in [3.63, 3.8) is 0 Å².